The first kappa shape index (κ1) is 18.8. The van der Waals surface area contributed by atoms with E-state index in [0.29, 0.717) is 12.1 Å². The predicted octanol–water partition coefficient (Wildman–Crippen LogP) is 1.91. The molecule has 1 atom stereocenters. The van der Waals surface area contributed by atoms with Crippen molar-refractivity contribution < 1.29 is 13.3 Å². The first-order valence-corrected chi connectivity index (χ1v) is 9.63. The summed E-state index contributed by atoms with van der Waals surface area (Å²) in [6.07, 6.45) is 0.463. The van der Waals surface area contributed by atoms with Gasteiger partial charge in [0.25, 0.3) is 5.69 Å². The summed E-state index contributed by atoms with van der Waals surface area (Å²) in [5.41, 5.74) is 0.174. The molecule has 8 nitrogen and oxygen atoms in total. The van der Waals surface area contributed by atoms with Crippen LogP contribution >= 0.6 is 23.8 Å². The molecule has 1 aromatic rings. The Morgan fingerprint density at radius 2 is 2.12 bits per heavy atom. The largest absolute Gasteiger partial charge is 0.330 e. The Hall–Kier alpha value is -1.49. The van der Waals surface area contributed by atoms with Crippen molar-refractivity contribution in [3.8, 4) is 0 Å². The van der Waals surface area contributed by atoms with Gasteiger partial charge in [0, 0.05) is 26.2 Å². The highest BCUT2D eigenvalue weighted by Crippen LogP contribution is 2.28. The second-order valence-electron chi connectivity index (χ2n) is 5.60. The Morgan fingerprint density at radius 3 is 2.62 bits per heavy atom. The number of nitrogens with zero attached hydrogens (tertiary/aromatic N) is 3. The lowest BCUT2D eigenvalue weighted by atomic mass is 10.2. The monoisotopic (exact) mass is 392 g/mol. The van der Waals surface area contributed by atoms with Crippen LogP contribution in [0.1, 0.15) is 6.42 Å². The number of hydrogen-bond acceptors (Lipinski definition) is 6. The minimum atomic E-state index is -3.08. The third-order valence-corrected chi connectivity index (χ3v) is 5.96. The molecule has 1 aliphatic rings. The Morgan fingerprint density at radius 1 is 1.46 bits per heavy atom. The van der Waals surface area contributed by atoms with Crippen LogP contribution in [0.2, 0.25) is 5.02 Å². The topological polar surface area (TPSA) is 95.8 Å². The number of anilines is 1. The van der Waals surface area contributed by atoms with Crippen molar-refractivity contribution in [3.63, 3.8) is 0 Å². The van der Waals surface area contributed by atoms with Crippen molar-refractivity contribution in [1.29, 1.82) is 0 Å². The number of hydrogen-bond donors (Lipinski definition) is 1. The zero-order chi connectivity index (χ0) is 18.1. The molecule has 132 valence electrons. The van der Waals surface area contributed by atoms with Gasteiger partial charge in [0.2, 0.25) is 0 Å². The summed E-state index contributed by atoms with van der Waals surface area (Å²) in [7, 11) is 0.410. The van der Waals surface area contributed by atoms with Gasteiger partial charge in [-0.15, -0.1) is 0 Å². The molecule has 0 saturated carbocycles. The molecule has 0 unspecified atom stereocenters. The first-order chi connectivity index (χ1) is 11.1. The summed E-state index contributed by atoms with van der Waals surface area (Å²) < 4.78 is 23.4. The van der Waals surface area contributed by atoms with E-state index in [9.17, 15) is 18.5 Å². The van der Waals surface area contributed by atoms with E-state index in [1.165, 1.54) is 18.2 Å². The number of benzene rings is 1. The Kier molecular flexibility index (Phi) is 5.63. The number of halogens is 1. The van der Waals surface area contributed by atoms with Gasteiger partial charge < -0.3 is 5.32 Å². The van der Waals surface area contributed by atoms with Crippen molar-refractivity contribution in [2.45, 2.75) is 12.5 Å². The highest BCUT2D eigenvalue weighted by Gasteiger charge is 2.35. The lowest BCUT2D eigenvalue weighted by Crippen LogP contribution is -2.51. The molecular formula is C13H17ClN4O4S2. The molecule has 1 heterocycles. The molecule has 0 spiro atoms. The van der Waals surface area contributed by atoms with Gasteiger partial charge in [0.1, 0.15) is 0 Å². The van der Waals surface area contributed by atoms with Crippen molar-refractivity contribution in [2.24, 2.45) is 0 Å². The summed E-state index contributed by atoms with van der Waals surface area (Å²) in [6.45, 7) is 0. The average Bonchev–Trinajstić information content (AvgIpc) is 2.80. The third kappa shape index (κ3) is 4.32. The van der Waals surface area contributed by atoms with E-state index in [2.05, 4.69) is 5.32 Å². The summed E-state index contributed by atoms with van der Waals surface area (Å²) in [4.78, 5) is 10.4. The molecule has 1 N–H and O–H groups in total. The number of nitrogens with one attached hydrogen (secondary N) is 1. The number of hydrazine groups is 1. The molecule has 0 amide bonds. The Bertz CT molecular complexity index is 769. The highest BCUT2D eigenvalue weighted by molar-refractivity contribution is 7.91. The molecule has 11 heteroatoms. The zero-order valence-electron chi connectivity index (χ0n) is 13.1. The first-order valence-electron chi connectivity index (χ1n) is 7.02. The lowest BCUT2D eigenvalue weighted by Gasteiger charge is -2.36. The fourth-order valence-electron chi connectivity index (χ4n) is 2.54. The summed E-state index contributed by atoms with van der Waals surface area (Å²) in [6, 6.07) is 3.70. The quantitative estimate of drug-likeness (QED) is 0.471. The summed E-state index contributed by atoms with van der Waals surface area (Å²) in [5.74, 6) is 0.123. The number of thiocarbonyl (C=S) groups is 1. The van der Waals surface area contributed by atoms with Gasteiger partial charge in [0.15, 0.2) is 14.9 Å². The summed E-state index contributed by atoms with van der Waals surface area (Å²) >= 11 is 11.4. The third-order valence-electron chi connectivity index (χ3n) is 3.60. The van der Waals surface area contributed by atoms with Gasteiger partial charge in [-0.3, -0.25) is 15.1 Å². The molecule has 0 bridgehead atoms. The standard InChI is InChI=1S/C13H17ClN4O4S2/c1-16(2)17(10-5-6-24(21,22)8-10)13(23)15-12-7-9(18(19)20)3-4-11(12)14/h3-4,7,10H,5-6,8H2,1-2H3,(H,15,23)/t10-/m1/s1. The predicted molar refractivity (Wildman–Crippen MR) is 96.9 cm³/mol. The van der Waals surface area contributed by atoms with Crippen LogP contribution in [0.4, 0.5) is 11.4 Å². The van der Waals surface area contributed by atoms with Crippen LogP contribution in [0.25, 0.3) is 0 Å². The Labute approximate surface area is 150 Å². The molecule has 1 aliphatic heterocycles. The molecule has 1 fully saturated rings. The van der Waals surface area contributed by atoms with Crippen molar-refractivity contribution >= 4 is 50.1 Å². The van der Waals surface area contributed by atoms with Gasteiger partial charge in [-0.05, 0) is 24.7 Å². The van der Waals surface area contributed by atoms with Crippen LogP contribution in [0, 0.1) is 10.1 Å². The van der Waals surface area contributed by atoms with E-state index in [-0.39, 0.29) is 33.4 Å². The fraction of sp³-hybridized carbons (Fsp3) is 0.462. The normalized spacial score (nSPS) is 19.2. The summed E-state index contributed by atoms with van der Waals surface area (Å²) in [5, 5.41) is 17.6. The SMILES string of the molecule is CN(C)N(C(=S)Nc1cc([N+](=O)[O-])ccc1Cl)[C@@H]1CCS(=O)(=O)C1. The van der Waals surface area contributed by atoms with Crippen LogP contribution in [0.15, 0.2) is 18.2 Å². The average molecular weight is 393 g/mol. The van der Waals surface area contributed by atoms with Crippen LogP contribution in [-0.2, 0) is 9.84 Å². The number of nitro groups is 1. The molecule has 0 aliphatic carbocycles. The highest BCUT2D eigenvalue weighted by atomic mass is 35.5. The molecular weight excluding hydrogens is 376 g/mol. The van der Waals surface area contributed by atoms with Crippen LogP contribution in [0.5, 0.6) is 0 Å². The maximum absolute atomic E-state index is 11.7. The second-order valence-corrected chi connectivity index (χ2v) is 8.62. The maximum atomic E-state index is 11.7. The number of sulfone groups is 1. The van der Waals surface area contributed by atoms with Crippen LogP contribution < -0.4 is 5.32 Å². The minimum Gasteiger partial charge on any atom is -0.330 e. The Balaban J connectivity index is 2.23. The van der Waals surface area contributed by atoms with Gasteiger partial charge in [-0.25, -0.2) is 13.4 Å². The molecule has 1 aromatic carbocycles. The lowest BCUT2D eigenvalue weighted by molar-refractivity contribution is -0.384. The van der Waals surface area contributed by atoms with E-state index in [1.807, 2.05) is 0 Å². The maximum Gasteiger partial charge on any atom is 0.271 e. The molecule has 0 radical (unpaired) electrons. The molecule has 2 rings (SSSR count). The van der Waals surface area contributed by atoms with E-state index in [1.54, 1.807) is 24.1 Å². The van der Waals surface area contributed by atoms with Gasteiger partial charge in [-0.1, -0.05) is 11.6 Å². The fourth-order valence-corrected chi connectivity index (χ4v) is 4.82. The van der Waals surface area contributed by atoms with Crippen LogP contribution in [0.3, 0.4) is 0 Å². The molecule has 24 heavy (non-hydrogen) atoms. The molecule has 0 aromatic heterocycles. The zero-order valence-corrected chi connectivity index (χ0v) is 15.5. The number of rotatable bonds is 4. The molecule has 1 saturated heterocycles. The van der Waals surface area contributed by atoms with E-state index < -0.39 is 14.8 Å². The van der Waals surface area contributed by atoms with E-state index in [4.69, 9.17) is 23.8 Å². The van der Waals surface area contributed by atoms with Gasteiger partial charge in [0.05, 0.1) is 33.2 Å². The van der Waals surface area contributed by atoms with Crippen molar-refractivity contribution in [3.05, 3.63) is 33.3 Å². The van der Waals surface area contributed by atoms with Gasteiger partial charge in [-0.2, -0.15) is 0 Å². The number of nitro benzene ring substituents is 1. The van der Waals surface area contributed by atoms with E-state index >= 15 is 0 Å². The van der Waals surface area contributed by atoms with Crippen LogP contribution in [-0.4, -0.2) is 60.1 Å². The van der Waals surface area contributed by atoms with E-state index in [0.717, 1.165) is 0 Å². The number of non-ortho nitro benzene ring substituents is 1. The van der Waals surface area contributed by atoms with Gasteiger partial charge >= 0.3 is 0 Å². The van der Waals surface area contributed by atoms with Crippen molar-refractivity contribution in [2.75, 3.05) is 30.9 Å². The smallest absolute Gasteiger partial charge is 0.271 e. The van der Waals surface area contributed by atoms with Crippen molar-refractivity contribution in [1.82, 2.24) is 10.0 Å². The minimum absolute atomic E-state index is 0.00959. The second kappa shape index (κ2) is 7.18.